The number of alkyl halides is 3. The lowest BCUT2D eigenvalue weighted by Gasteiger charge is -2.14. The Labute approximate surface area is 92.9 Å². The molecule has 1 aromatic carbocycles. The van der Waals surface area contributed by atoms with Gasteiger partial charge in [0.1, 0.15) is 5.56 Å². The van der Waals surface area contributed by atoms with E-state index in [4.69, 9.17) is 23.1 Å². The number of carbonyl (C=O) groups is 1. The zero-order valence-electron chi connectivity index (χ0n) is 7.64. The van der Waals surface area contributed by atoms with E-state index in [-0.39, 0.29) is 10.7 Å². The zero-order chi connectivity index (χ0) is 12.5. The first-order valence-electron chi connectivity index (χ1n) is 3.86. The standard InChI is InChI=1S/C8H6ClF3N2O2/c9-3-1-2-4(13)6(5(3)7(14)15)16-8(10,11)12/h1-2H,13H2,(H2,14,15). The lowest BCUT2D eigenvalue weighted by atomic mass is 10.1. The van der Waals surface area contributed by atoms with Gasteiger partial charge in [0.05, 0.1) is 10.7 Å². The van der Waals surface area contributed by atoms with Crippen LogP contribution in [0.1, 0.15) is 10.4 Å². The van der Waals surface area contributed by atoms with Gasteiger partial charge in [-0.1, -0.05) is 11.6 Å². The third-order valence-electron chi connectivity index (χ3n) is 1.60. The van der Waals surface area contributed by atoms with Crippen molar-refractivity contribution in [3.05, 3.63) is 22.7 Å². The fourth-order valence-electron chi connectivity index (χ4n) is 1.03. The van der Waals surface area contributed by atoms with E-state index in [0.29, 0.717) is 0 Å². The lowest BCUT2D eigenvalue weighted by molar-refractivity contribution is -0.274. The molecule has 0 aliphatic rings. The Balaban J connectivity index is 3.35. The van der Waals surface area contributed by atoms with Crippen LogP contribution in [0.5, 0.6) is 5.75 Å². The van der Waals surface area contributed by atoms with Gasteiger partial charge in [-0.3, -0.25) is 4.79 Å². The fraction of sp³-hybridized carbons (Fsp3) is 0.125. The number of nitrogen functional groups attached to an aromatic ring is 1. The normalized spacial score (nSPS) is 11.2. The van der Waals surface area contributed by atoms with Crippen LogP contribution in [0.4, 0.5) is 18.9 Å². The molecule has 0 fully saturated rings. The Hall–Kier alpha value is -1.63. The van der Waals surface area contributed by atoms with Gasteiger partial charge in [0, 0.05) is 0 Å². The van der Waals surface area contributed by atoms with E-state index in [9.17, 15) is 18.0 Å². The van der Waals surface area contributed by atoms with Crippen molar-refractivity contribution in [2.75, 3.05) is 5.73 Å². The predicted molar refractivity (Wildman–Crippen MR) is 51.1 cm³/mol. The summed E-state index contributed by atoms with van der Waals surface area (Å²) in [5, 5.41) is -0.263. The molecule has 0 heterocycles. The van der Waals surface area contributed by atoms with Crippen LogP contribution in [0.2, 0.25) is 5.02 Å². The number of hydrogen-bond donors (Lipinski definition) is 2. The van der Waals surface area contributed by atoms with Gasteiger partial charge in [-0.25, -0.2) is 0 Å². The Morgan fingerprint density at radius 3 is 2.38 bits per heavy atom. The summed E-state index contributed by atoms with van der Waals surface area (Å²) in [7, 11) is 0. The van der Waals surface area contributed by atoms with Crippen molar-refractivity contribution in [1.82, 2.24) is 0 Å². The predicted octanol–water partition coefficient (Wildman–Crippen LogP) is 1.92. The highest BCUT2D eigenvalue weighted by Crippen LogP contribution is 2.35. The van der Waals surface area contributed by atoms with Crippen molar-refractivity contribution in [2.24, 2.45) is 5.73 Å². The van der Waals surface area contributed by atoms with E-state index < -0.39 is 23.6 Å². The monoisotopic (exact) mass is 254 g/mol. The van der Waals surface area contributed by atoms with Gasteiger partial charge >= 0.3 is 6.36 Å². The summed E-state index contributed by atoms with van der Waals surface area (Å²) in [6.07, 6.45) is -4.98. The van der Waals surface area contributed by atoms with Crippen LogP contribution < -0.4 is 16.2 Å². The molecule has 0 spiro atoms. The van der Waals surface area contributed by atoms with E-state index in [1.807, 2.05) is 0 Å². The quantitative estimate of drug-likeness (QED) is 0.792. The summed E-state index contributed by atoms with van der Waals surface area (Å²) < 4.78 is 39.7. The van der Waals surface area contributed by atoms with Crippen LogP contribution >= 0.6 is 11.6 Å². The Morgan fingerprint density at radius 2 is 1.94 bits per heavy atom. The minimum absolute atomic E-state index is 0.263. The van der Waals surface area contributed by atoms with E-state index >= 15 is 0 Å². The average Bonchev–Trinajstić information content (AvgIpc) is 2.08. The number of nitrogens with two attached hydrogens (primary N) is 2. The minimum atomic E-state index is -4.98. The van der Waals surface area contributed by atoms with E-state index in [2.05, 4.69) is 4.74 Å². The molecule has 0 aliphatic heterocycles. The third kappa shape index (κ3) is 2.69. The first kappa shape index (κ1) is 12.4. The summed E-state index contributed by atoms with van der Waals surface area (Å²) in [4.78, 5) is 10.9. The van der Waals surface area contributed by atoms with E-state index in [0.717, 1.165) is 12.1 Å². The first-order chi connectivity index (χ1) is 7.22. The highest BCUT2D eigenvalue weighted by atomic mass is 35.5. The summed E-state index contributed by atoms with van der Waals surface area (Å²) in [5.74, 6) is -2.04. The van der Waals surface area contributed by atoms with Gasteiger partial charge in [-0.15, -0.1) is 13.2 Å². The smallest absolute Gasteiger partial charge is 0.403 e. The van der Waals surface area contributed by atoms with Gasteiger partial charge in [0.2, 0.25) is 0 Å². The van der Waals surface area contributed by atoms with Crippen LogP contribution in [0.3, 0.4) is 0 Å². The van der Waals surface area contributed by atoms with Gasteiger partial charge in [-0.05, 0) is 12.1 Å². The van der Waals surface area contributed by atoms with Gasteiger partial charge in [-0.2, -0.15) is 0 Å². The molecule has 1 amide bonds. The summed E-state index contributed by atoms with van der Waals surface area (Å²) in [5.41, 5.74) is 9.14. The van der Waals surface area contributed by atoms with Gasteiger partial charge in [0.15, 0.2) is 5.75 Å². The molecule has 0 bridgehead atoms. The van der Waals surface area contributed by atoms with Crippen LogP contribution in [0.25, 0.3) is 0 Å². The van der Waals surface area contributed by atoms with Crippen LogP contribution in [0, 0.1) is 0 Å². The number of carbonyl (C=O) groups excluding carboxylic acids is 1. The van der Waals surface area contributed by atoms with Crippen molar-refractivity contribution in [3.8, 4) is 5.75 Å². The molecule has 88 valence electrons. The maximum absolute atomic E-state index is 12.0. The molecule has 1 aromatic rings. The minimum Gasteiger partial charge on any atom is -0.403 e. The van der Waals surface area contributed by atoms with Gasteiger partial charge < -0.3 is 16.2 Å². The molecule has 0 unspecified atom stereocenters. The molecule has 4 N–H and O–H groups in total. The van der Waals surface area contributed by atoms with Crippen LogP contribution in [-0.4, -0.2) is 12.3 Å². The Bertz CT molecular complexity index is 434. The average molecular weight is 255 g/mol. The SMILES string of the molecule is NC(=O)c1c(Cl)ccc(N)c1OC(F)(F)F. The van der Waals surface area contributed by atoms with E-state index in [1.165, 1.54) is 0 Å². The Morgan fingerprint density at radius 1 is 1.38 bits per heavy atom. The molecular formula is C8H6ClF3N2O2. The number of ether oxygens (including phenoxy) is 1. The lowest BCUT2D eigenvalue weighted by Crippen LogP contribution is -2.22. The summed E-state index contributed by atoms with van der Waals surface area (Å²) >= 11 is 5.52. The number of primary amides is 1. The second-order valence-corrected chi connectivity index (χ2v) is 3.16. The molecule has 0 aromatic heterocycles. The molecule has 0 saturated heterocycles. The number of anilines is 1. The maximum Gasteiger partial charge on any atom is 0.573 e. The second-order valence-electron chi connectivity index (χ2n) is 2.75. The Kier molecular flexibility index (Phi) is 3.18. The van der Waals surface area contributed by atoms with Crippen molar-refractivity contribution >= 4 is 23.2 Å². The molecule has 0 aliphatic carbocycles. The van der Waals surface area contributed by atoms with Crippen molar-refractivity contribution in [3.63, 3.8) is 0 Å². The topological polar surface area (TPSA) is 78.3 Å². The molecule has 8 heteroatoms. The van der Waals surface area contributed by atoms with Crippen molar-refractivity contribution in [2.45, 2.75) is 6.36 Å². The molecular weight excluding hydrogens is 249 g/mol. The molecule has 0 atom stereocenters. The van der Waals surface area contributed by atoms with Crippen molar-refractivity contribution < 1.29 is 22.7 Å². The summed E-state index contributed by atoms with van der Waals surface area (Å²) in [6.45, 7) is 0. The zero-order valence-corrected chi connectivity index (χ0v) is 8.39. The van der Waals surface area contributed by atoms with Gasteiger partial charge in [0.25, 0.3) is 5.91 Å². The number of benzene rings is 1. The highest BCUT2D eigenvalue weighted by Gasteiger charge is 2.34. The number of halogens is 4. The third-order valence-corrected chi connectivity index (χ3v) is 1.92. The first-order valence-corrected chi connectivity index (χ1v) is 4.23. The molecule has 0 saturated carbocycles. The number of rotatable bonds is 2. The van der Waals surface area contributed by atoms with Crippen LogP contribution in [-0.2, 0) is 0 Å². The maximum atomic E-state index is 12.0. The number of hydrogen-bond acceptors (Lipinski definition) is 3. The second kappa shape index (κ2) is 4.09. The molecule has 16 heavy (non-hydrogen) atoms. The molecule has 0 radical (unpaired) electrons. The number of amides is 1. The van der Waals surface area contributed by atoms with Crippen molar-refractivity contribution in [1.29, 1.82) is 0 Å². The molecule has 4 nitrogen and oxygen atoms in total. The highest BCUT2D eigenvalue weighted by molar-refractivity contribution is 6.34. The van der Waals surface area contributed by atoms with E-state index in [1.54, 1.807) is 0 Å². The fourth-order valence-corrected chi connectivity index (χ4v) is 1.27. The summed E-state index contributed by atoms with van der Waals surface area (Å²) in [6, 6.07) is 2.23. The largest absolute Gasteiger partial charge is 0.573 e. The molecule has 1 rings (SSSR count). The van der Waals surface area contributed by atoms with Crippen LogP contribution in [0.15, 0.2) is 12.1 Å².